The number of hydrogen-bond donors (Lipinski definition) is 2. The second-order valence-corrected chi connectivity index (χ2v) is 5.90. The molecule has 2 N–H and O–H groups in total. The number of nitrogens with one attached hydrogen (secondary N) is 1. The maximum Gasteiger partial charge on any atom is 0.119 e. The maximum atomic E-state index is 9.44. The van der Waals surface area contributed by atoms with Crippen molar-refractivity contribution in [2.24, 2.45) is 5.41 Å². The Kier molecular flexibility index (Phi) is 6.32. The first-order valence-electron chi connectivity index (χ1n) is 7.03. The Hall–Kier alpha value is -1.06. The molecule has 0 saturated heterocycles. The van der Waals surface area contributed by atoms with Crippen LogP contribution in [0.4, 0.5) is 0 Å². The Balaban J connectivity index is 2.36. The molecule has 0 heterocycles. The Morgan fingerprint density at radius 1 is 1.26 bits per heavy atom. The molecule has 0 aliphatic carbocycles. The monoisotopic (exact) mass is 265 g/mol. The first kappa shape index (κ1) is 16.0. The lowest BCUT2D eigenvalue weighted by molar-refractivity contribution is 0.128. The van der Waals surface area contributed by atoms with Gasteiger partial charge in [-0.1, -0.05) is 26.0 Å². The molecule has 0 aliphatic rings. The van der Waals surface area contributed by atoms with Crippen LogP contribution in [0.5, 0.6) is 5.75 Å². The summed E-state index contributed by atoms with van der Waals surface area (Å²) in [5.41, 5.74) is 1.36. The van der Waals surface area contributed by atoms with E-state index in [9.17, 15) is 5.11 Å². The predicted octanol–water partition coefficient (Wildman–Crippen LogP) is 2.97. The summed E-state index contributed by atoms with van der Waals surface area (Å²) in [5, 5.41) is 12.9. The molecule has 19 heavy (non-hydrogen) atoms. The van der Waals surface area contributed by atoms with Crippen LogP contribution in [0.2, 0.25) is 0 Å². The van der Waals surface area contributed by atoms with Crippen molar-refractivity contribution >= 4 is 0 Å². The Morgan fingerprint density at radius 2 is 1.89 bits per heavy atom. The van der Waals surface area contributed by atoms with Crippen LogP contribution in [-0.2, 0) is 6.54 Å². The molecule has 0 amide bonds. The van der Waals surface area contributed by atoms with E-state index in [0.717, 1.165) is 25.3 Å². The molecule has 1 aromatic carbocycles. The molecule has 0 fully saturated rings. The lowest BCUT2D eigenvalue weighted by Gasteiger charge is -2.26. The number of hydrogen-bond acceptors (Lipinski definition) is 3. The van der Waals surface area contributed by atoms with Gasteiger partial charge < -0.3 is 15.2 Å². The van der Waals surface area contributed by atoms with E-state index in [2.05, 4.69) is 31.3 Å². The van der Waals surface area contributed by atoms with E-state index < -0.39 is 0 Å². The van der Waals surface area contributed by atoms with Crippen LogP contribution in [0, 0.1) is 5.41 Å². The zero-order chi connectivity index (χ0) is 14.3. The molecule has 1 rings (SSSR count). The standard InChI is InChI=1S/C16H27NO2/c1-5-19-15-8-6-14(7-9-15)11-17-12-16(3,4)10-13(2)18/h6-9,13,17-18H,5,10-12H2,1-4H3. The molecule has 3 nitrogen and oxygen atoms in total. The third-order valence-electron chi connectivity index (χ3n) is 3.02. The molecule has 1 aromatic rings. The van der Waals surface area contributed by atoms with E-state index in [0.29, 0.717) is 6.61 Å². The second-order valence-electron chi connectivity index (χ2n) is 5.90. The van der Waals surface area contributed by atoms with Crippen molar-refractivity contribution in [2.45, 2.75) is 46.8 Å². The van der Waals surface area contributed by atoms with Crippen molar-refractivity contribution in [1.29, 1.82) is 0 Å². The van der Waals surface area contributed by atoms with Gasteiger partial charge in [-0.3, -0.25) is 0 Å². The lowest BCUT2D eigenvalue weighted by Crippen LogP contribution is -2.31. The highest BCUT2D eigenvalue weighted by Crippen LogP contribution is 2.21. The van der Waals surface area contributed by atoms with Gasteiger partial charge in [0, 0.05) is 13.1 Å². The van der Waals surface area contributed by atoms with Gasteiger partial charge in [0.1, 0.15) is 5.75 Å². The second kappa shape index (κ2) is 7.51. The predicted molar refractivity (Wildman–Crippen MR) is 79.4 cm³/mol. The summed E-state index contributed by atoms with van der Waals surface area (Å²) in [6.07, 6.45) is 0.561. The van der Waals surface area contributed by atoms with Gasteiger partial charge in [0.25, 0.3) is 0 Å². The molecule has 0 spiro atoms. The largest absolute Gasteiger partial charge is 0.494 e. The van der Waals surface area contributed by atoms with Gasteiger partial charge in [0.2, 0.25) is 0 Å². The van der Waals surface area contributed by atoms with Gasteiger partial charge in [-0.05, 0) is 43.4 Å². The highest BCUT2D eigenvalue weighted by Gasteiger charge is 2.19. The van der Waals surface area contributed by atoms with E-state index in [1.807, 2.05) is 26.0 Å². The Bertz CT molecular complexity index is 358. The van der Waals surface area contributed by atoms with E-state index in [4.69, 9.17) is 4.74 Å². The molecule has 1 atom stereocenters. The minimum Gasteiger partial charge on any atom is -0.494 e. The van der Waals surface area contributed by atoms with Crippen molar-refractivity contribution in [3.8, 4) is 5.75 Å². The molecule has 0 aromatic heterocycles. The summed E-state index contributed by atoms with van der Waals surface area (Å²) in [7, 11) is 0. The molecule has 0 aliphatic heterocycles. The zero-order valence-electron chi connectivity index (χ0n) is 12.6. The molecule has 108 valence electrons. The van der Waals surface area contributed by atoms with Crippen molar-refractivity contribution in [1.82, 2.24) is 5.32 Å². The van der Waals surface area contributed by atoms with Crippen LogP contribution in [0.15, 0.2) is 24.3 Å². The van der Waals surface area contributed by atoms with Gasteiger partial charge in [0.15, 0.2) is 0 Å². The number of ether oxygens (including phenoxy) is 1. The van der Waals surface area contributed by atoms with Crippen molar-refractivity contribution in [3.05, 3.63) is 29.8 Å². The zero-order valence-corrected chi connectivity index (χ0v) is 12.6. The van der Waals surface area contributed by atoms with E-state index in [1.54, 1.807) is 0 Å². The third kappa shape index (κ3) is 6.60. The number of benzene rings is 1. The summed E-state index contributed by atoms with van der Waals surface area (Å²) in [6, 6.07) is 8.17. The summed E-state index contributed by atoms with van der Waals surface area (Å²) >= 11 is 0. The minimum absolute atomic E-state index is 0.111. The van der Waals surface area contributed by atoms with Crippen LogP contribution >= 0.6 is 0 Å². The van der Waals surface area contributed by atoms with Gasteiger partial charge in [0.05, 0.1) is 12.7 Å². The topological polar surface area (TPSA) is 41.5 Å². The van der Waals surface area contributed by atoms with E-state index in [-0.39, 0.29) is 11.5 Å². The fourth-order valence-electron chi connectivity index (χ4n) is 2.29. The quantitative estimate of drug-likeness (QED) is 0.759. The smallest absolute Gasteiger partial charge is 0.119 e. The maximum absolute atomic E-state index is 9.44. The van der Waals surface area contributed by atoms with Gasteiger partial charge in [-0.25, -0.2) is 0 Å². The van der Waals surface area contributed by atoms with Crippen LogP contribution in [0.25, 0.3) is 0 Å². The fourth-order valence-corrected chi connectivity index (χ4v) is 2.29. The van der Waals surface area contributed by atoms with Gasteiger partial charge >= 0.3 is 0 Å². The van der Waals surface area contributed by atoms with Crippen LogP contribution in [0.1, 0.15) is 39.7 Å². The first-order chi connectivity index (χ1) is 8.93. The summed E-state index contributed by atoms with van der Waals surface area (Å²) < 4.78 is 5.42. The van der Waals surface area contributed by atoms with Gasteiger partial charge in [-0.15, -0.1) is 0 Å². The van der Waals surface area contributed by atoms with Crippen LogP contribution in [0.3, 0.4) is 0 Å². The number of rotatable bonds is 8. The molecule has 0 saturated carbocycles. The number of aliphatic hydroxyl groups is 1. The highest BCUT2D eigenvalue weighted by atomic mass is 16.5. The van der Waals surface area contributed by atoms with Crippen LogP contribution in [-0.4, -0.2) is 24.4 Å². The molecule has 3 heteroatoms. The van der Waals surface area contributed by atoms with Crippen molar-refractivity contribution in [3.63, 3.8) is 0 Å². The van der Waals surface area contributed by atoms with Crippen molar-refractivity contribution in [2.75, 3.05) is 13.2 Å². The Labute approximate surface area is 117 Å². The average Bonchev–Trinajstić information content (AvgIpc) is 2.30. The Morgan fingerprint density at radius 3 is 2.42 bits per heavy atom. The third-order valence-corrected chi connectivity index (χ3v) is 3.02. The summed E-state index contributed by atoms with van der Waals surface area (Å²) in [5.74, 6) is 0.917. The summed E-state index contributed by atoms with van der Waals surface area (Å²) in [6.45, 7) is 10.6. The molecule has 0 bridgehead atoms. The van der Waals surface area contributed by atoms with Crippen LogP contribution < -0.4 is 10.1 Å². The minimum atomic E-state index is -0.248. The normalized spacial score (nSPS) is 13.3. The molecular formula is C16H27NO2. The van der Waals surface area contributed by atoms with Crippen molar-refractivity contribution < 1.29 is 9.84 Å². The lowest BCUT2D eigenvalue weighted by atomic mass is 9.87. The average molecular weight is 265 g/mol. The van der Waals surface area contributed by atoms with Gasteiger partial charge in [-0.2, -0.15) is 0 Å². The highest BCUT2D eigenvalue weighted by molar-refractivity contribution is 5.27. The van der Waals surface area contributed by atoms with E-state index in [1.165, 1.54) is 5.56 Å². The first-order valence-corrected chi connectivity index (χ1v) is 7.03. The SMILES string of the molecule is CCOc1ccc(CNCC(C)(C)CC(C)O)cc1. The molecule has 0 radical (unpaired) electrons. The van der Waals surface area contributed by atoms with E-state index >= 15 is 0 Å². The molecular weight excluding hydrogens is 238 g/mol. The summed E-state index contributed by atoms with van der Waals surface area (Å²) in [4.78, 5) is 0. The molecule has 1 unspecified atom stereocenters. The number of aliphatic hydroxyl groups excluding tert-OH is 1. The fraction of sp³-hybridized carbons (Fsp3) is 0.625.